The van der Waals surface area contributed by atoms with Gasteiger partial charge in [-0.25, -0.2) is 9.78 Å². The SMILES string of the molecule is CC(=O)/C(=C(\C)N)c1ccc2nc(C3=CCN(C(=O)OC(C)(C)C)C3)n3c2c1OC[C@@H]3c1ccccn1. The summed E-state index contributed by atoms with van der Waals surface area (Å²) in [6.45, 7) is 9.87. The third-order valence-electron chi connectivity index (χ3n) is 6.41. The van der Waals surface area contributed by atoms with E-state index in [9.17, 15) is 9.59 Å². The van der Waals surface area contributed by atoms with Crippen LogP contribution in [0, 0.1) is 0 Å². The van der Waals surface area contributed by atoms with Gasteiger partial charge in [0.1, 0.15) is 29.6 Å². The minimum atomic E-state index is -0.580. The average molecular weight is 502 g/mol. The highest BCUT2D eigenvalue weighted by molar-refractivity contribution is 6.22. The van der Waals surface area contributed by atoms with Crippen LogP contribution in [-0.4, -0.2) is 56.6 Å². The molecule has 5 rings (SSSR count). The molecule has 9 nitrogen and oxygen atoms in total. The lowest BCUT2D eigenvalue weighted by atomic mass is 9.98. The zero-order chi connectivity index (χ0) is 26.5. The van der Waals surface area contributed by atoms with E-state index in [0.717, 1.165) is 28.1 Å². The number of imidazole rings is 1. The summed E-state index contributed by atoms with van der Waals surface area (Å²) in [7, 11) is 0. The van der Waals surface area contributed by atoms with E-state index in [0.29, 0.717) is 42.3 Å². The van der Waals surface area contributed by atoms with Gasteiger partial charge in [-0.15, -0.1) is 0 Å². The molecule has 0 saturated carbocycles. The number of nitrogens with zero attached hydrogens (tertiary/aromatic N) is 4. The lowest BCUT2D eigenvalue weighted by Gasteiger charge is -2.29. The fraction of sp³-hybridized carbons (Fsp3) is 0.357. The predicted octanol–water partition coefficient (Wildman–Crippen LogP) is 4.33. The monoisotopic (exact) mass is 501 g/mol. The molecule has 1 aromatic carbocycles. The maximum Gasteiger partial charge on any atom is 0.410 e. The molecule has 2 N–H and O–H groups in total. The molecule has 0 aliphatic carbocycles. The lowest BCUT2D eigenvalue weighted by Crippen LogP contribution is -2.35. The molecule has 2 aliphatic rings. The van der Waals surface area contributed by atoms with Crippen molar-refractivity contribution in [1.29, 1.82) is 0 Å². The molecule has 192 valence electrons. The number of nitrogens with two attached hydrogens (primary N) is 1. The van der Waals surface area contributed by atoms with Crippen molar-refractivity contribution in [3.63, 3.8) is 0 Å². The Bertz CT molecular complexity index is 1460. The molecule has 3 aromatic rings. The number of aromatic nitrogens is 3. The number of hydrogen-bond donors (Lipinski definition) is 1. The average Bonchev–Trinajstić information content (AvgIpc) is 3.46. The summed E-state index contributed by atoms with van der Waals surface area (Å²) in [6.07, 6.45) is 3.39. The van der Waals surface area contributed by atoms with Crippen molar-refractivity contribution in [3.8, 4) is 5.75 Å². The molecular formula is C28H31N5O4. The second kappa shape index (κ2) is 9.06. The molecule has 1 atom stereocenters. The summed E-state index contributed by atoms with van der Waals surface area (Å²) < 4.78 is 14.0. The zero-order valence-corrected chi connectivity index (χ0v) is 21.7. The van der Waals surface area contributed by atoms with Gasteiger partial charge in [0, 0.05) is 35.1 Å². The first-order valence-corrected chi connectivity index (χ1v) is 12.3. The number of carbonyl (C=O) groups is 2. The number of Topliss-reactive ketones (excluding diaryl/α,β-unsaturated/α-hetero) is 1. The van der Waals surface area contributed by atoms with E-state index >= 15 is 0 Å². The van der Waals surface area contributed by atoms with Gasteiger partial charge in [0.15, 0.2) is 11.5 Å². The molecule has 0 saturated heterocycles. The van der Waals surface area contributed by atoms with Crippen molar-refractivity contribution in [2.24, 2.45) is 5.73 Å². The Kier molecular flexibility index (Phi) is 6.01. The minimum Gasteiger partial charge on any atom is -0.488 e. The molecule has 2 aromatic heterocycles. The fourth-order valence-electron chi connectivity index (χ4n) is 4.92. The first-order chi connectivity index (χ1) is 17.5. The van der Waals surface area contributed by atoms with Crippen molar-refractivity contribution < 1.29 is 19.1 Å². The number of ketones is 1. The quantitative estimate of drug-likeness (QED) is 0.530. The largest absolute Gasteiger partial charge is 0.488 e. The van der Waals surface area contributed by atoms with Gasteiger partial charge in [-0.05, 0) is 58.9 Å². The number of benzene rings is 1. The van der Waals surface area contributed by atoms with Crippen molar-refractivity contribution in [2.45, 2.75) is 46.3 Å². The summed E-state index contributed by atoms with van der Waals surface area (Å²) in [5.74, 6) is 1.17. The molecule has 37 heavy (non-hydrogen) atoms. The normalized spacial score (nSPS) is 17.8. The van der Waals surface area contributed by atoms with Gasteiger partial charge in [0.05, 0.1) is 17.8 Å². The highest BCUT2D eigenvalue weighted by atomic mass is 16.6. The lowest BCUT2D eigenvalue weighted by molar-refractivity contribution is -0.111. The summed E-state index contributed by atoms with van der Waals surface area (Å²) >= 11 is 0. The summed E-state index contributed by atoms with van der Waals surface area (Å²) in [4.78, 5) is 36.5. The van der Waals surface area contributed by atoms with E-state index in [4.69, 9.17) is 20.2 Å². The van der Waals surface area contributed by atoms with Crippen molar-refractivity contribution >= 4 is 34.1 Å². The van der Waals surface area contributed by atoms with E-state index in [2.05, 4.69) is 9.55 Å². The Morgan fingerprint density at radius 1 is 1.16 bits per heavy atom. The molecule has 0 radical (unpaired) electrons. The molecule has 0 unspecified atom stereocenters. The third kappa shape index (κ3) is 4.45. The van der Waals surface area contributed by atoms with E-state index in [1.54, 1.807) is 18.0 Å². The van der Waals surface area contributed by atoms with Crippen molar-refractivity contribution in [2.75, 3.05) is 19.7 Å². The van der Waals surface area contributed by atoms with Gasteiger partial charge < -0.3 is 24.7 Å². The van der Waals surface area contributed by atoms with Crippen molar-refractivity contribution in [1.82, 2.24) is 19.4 Å². The van der Waals surface area contributed by atoms with Gasteiger partial charge in [-0.1, -0.05) is 12.1 Å². The molecule has 4 heterocycles. The standard InChI is InChI=1S/C28H31N5O4/c1-16(29)23(17(2)34)19-9-10-21-24-25(19)36-15-22(20-8-6-7-12-30-20)33(24)26(31-21)18-11-13-32(14-18)27(35)37-28(3,4)5/h6-12,22H,13-15,29H2,1-5H3/b23-16-/t22-/m1/s1. The van der Waals surface area contributed by atoms with E-state index < -0.39 is 5.60 Å². The van der Waals surface area contributed by atoms with E-state index in [-0.39, 0.29) is 17.9 Å². The van der Waals surface area contributed by atoms with Crippen LogP contribution in [0.2, 0.25) is 0 Å². The Balaban J connectivity index is 1.65. The highest BCUT2D eigenvalue weighted by Crippen LogP contribution is 2.43. The summed E-state index contributed by atoms with van der Waals surface area (Å²) in [5, 5.41) is 0. The number of rotatable bonds is 4. The number of amides is 1. The van der Waals surface area contributed by atoms with Crippen LogP contribution < -0.4 is 10.5 Å². The molecule has 2 aliphatic heterocycles. The zero-order valence-electron chi connectivity index (χ0n) is 21.7. The van der Waals surface area contributed by atoms with Crippen LogP contribution in [0.4, 0.5) is 4.79 Å². The summed E-state index contributed by atoms with van der Waals surface area (Å²) in [6, 6.07) is 9.24. The number of hydrogen-bond acceptors (Lipinski definition) is 7. The first-order valence-electron chi connectivity index (χ1n) is 12.3. The predicted molar refractivity (Wildman–Crippen MR) is 141 cm³/mol. The van der Waals surface area contributed by atoms with Gasteiger partial charge in [-0.3, -0.25) is 9.78 Å². The van der Waals surface area contributed by atoms with Gasteiger partial charge in [0.2, 0.25) is 0 Å². The van der Waals surface area contributed by atoms with E-state index in [1.165, 1.54) is 6.92 Å². The second-order valence-corrected chi connectivity index (χ2v) is 10.4. The molecule has 0 fully saturated rings. The second-order valence-electron chi connectivity index (χ2n) is 10.4. The maximum atomic E-state index is 12.7. The molecule has 9 heteroatoms. The number of carbonyl (C=O) groups excluding carboxylic acids is 2. The van der Waals surface area contributed by atoms with Crippen LogP contribution in [0.3, 0.4) is 0 Å². The van der Waals surface area contributed by atoms with Crippen LogP contribution in [0.5, 0.6) is 5.75 Å². The Morgan fingerprint density at radius 3 is 2.59 bits per heavy atom. The smallest absolute Gasteiger partial charge is 0.410 e. The number of allylic oxidation sites excluding steroid dienone is 2. The molecule has 1 amide bonds. The Labute approximate surface area is 215 Å². The molecular weight excluding hydrogens is 470 g/mol. The number of ether oxygens (including phenoxy) is 2. The van der Waals surface area contributed by atoms with Crippen LogP contribution >= 0.6 is 0 Å². The maximum absolute atomic E-state index is 12.7. The highest BCUT2D eigenvalue weighted by Gasteiger charge is 2.35. The summed E-state index contributed by atoms with van der Waals surface area (Å²) in [5.41, 5.74) is 10.3. The van der Waals surface area contributed by atoms with Crippen molar-refractivity contribution in [3.05, 3.63) is 65.4 Å². The minimum absolute atomic E-state index is 0.135. The molecule has 0 spiro atoms. The Hall–Kier alpha value is -4.14. The van der Waals surface area contributed by atoms with Crippen LogP contribution in [-0.2, 0) is 9.53 Å². The van der Waals surface area contributed by atoms with Crippen LogP contribution in [0.15, 0.2) is 48.3 Å². The molecule has 0 bridgehead atoms. The van der Waals surface area contributed by atoms with Gasteiger partial charge >= 0.3 is 6.09 Å². The first kappa shape index (κ1) is 24.5. The van der Waals surface area contributed by atoms with E-state index in [1.807, 2.05) is 57.2 Å². The van der Waals surface area contributed by atoms with Crippen LogP contribution in [0.25, 0.3) is 22.2 Å². The van der Waals surface area contributed by atoms with Gasteiger partial charge in [0.25, 0.3) is 0 Å². The fourth-order valence-corrected chi connectivity index (χ4v) is 4.92. The van der Waals surface area contributed by atoms with Crippen LogP contribution in [0.1, 0.15) is 57.7 Å². The van der Waals surface area contributed by atoms with Gasteiger partial charge in [-0.2, -0.15) is 0 Å². The Morgan fingerprint density at radius 2 is 1.95 bits per heavy atom. The third-order valence-corrected chi connectivity index (χ3v) is 6.41. The number of pyridine rings is 1. The topological polar surface area (TPSA) is 113 Å².